The molecule has 1 aromatic carbocycles. The monoisotopic (exact) mass is 321 g/mol. The third kappa shape index (κ3) is 5.36. The molecular formula is C12H17BrClNO2. The maximum absolute atomic E-state index is 6.11. The summed E-state index contributed by atoms with van der Waals surface area (Å²) in [6, 6.07) is 5.87. The van der Waals surface area contributed by atoms with Gasteiger partial charge in [-0.25, -0.2) is 0 Å². The first-order valence-electron chi connectivity index (χ1n) is 5.33. The standard InChI is InChI=1S/C12H17BrClNO2/c1-16-8-11(17-2)7-15-6-9-3-4-10(13)5-12(9)14/h3-5,11,15H,6-8H2,1-2H3. The van der Waals surface area contributed by atoms with E-state index in [1.807, 2.05) is 18.2 Å². The van der Waals surface area contributed by atoms with E-state index in [4.69, 9.17) is 21.1 Å². The second kappa shape index (κ2) is 8.06. The zero-order valence-electron chi connectivity index (χ0n) is 10.0. The number of methoxy groups -OCH3 is 2. The Kier molecular flexibility index (Phi) is 7.08. The van der Waals surface area contributed by atoms with Gasteiger partial charge in [0, 0.05) is 36.8 Å². The molecule has 96 valence electrons. The topological polar surface area (TPSA) is 30.5 Å². The molecule has 0 saturated heterocycles. The first kappa shape index (κ1) is 14.9. The quantitative estimate of drug-likeness (QED) is 0.837. The molecular weight excluding hydrogens is 305 g/mol. The van der Waals surface area contributed by atoms with Gasteiger partial charge in [0.05, 0.1) is 12.7 Å². The van der Waals surface area contributed by atoms with Crippen LogP contribution in [0.1, 0.15) is 5.56 Å². The first-order valence-corrected chi connectivity index (χ1v) is 6.50. The van der Waals surface area contributed by atoms with Crippen LogP contribution in [0, 0.1) is 0 Å². The summed E-state index contributed by atoms with van der Waals surface area (Å²) in [6.45, 7) is 2.03. The molecule has 0 aromatic heterocycles. The van der Waals surface area contributed by atoms with Crippen LogP contribution in [-0.4, -0.2) is 33.5 Å². The highest BCUT2D eigenvalue weighted by Gasteiger charge is 2.06. The molecule has 1 aromatic rings. The number of hydrogen-bond acceptors (Lipinski definition) is 3. The van der Waals surface area contributed by atoms with Gasteiger partial charge in [-0.05, 0) is 17.7 Å². The normalized spacial score (nSPS) is 12.7. The van der Waals surface area contributed by atoms with E-state index in [0.29, 0.717) is 6.61 Å². The molecule has 1 N–H and O–H groups in total. The average molecular weight is 323 g/mol. The zero-order valence-corrected chi connectivity index (χ0v) is 12.3. The van der Waals surface area contributed by atoms with Crippen molar-refractivity contribution in [2.24, 2.45) is 0 Å². The summed E-state index contributed by atoms with van der Waals surface area (Å²) in [5.41, 5.74) is 1.07. The second-order valence-electron chi connectivity index (χ2n) is 3.68. The fourth-order valence-corrected chi connectivity index (χ4v) is 2.17. The van der Waals surface area contributed by atoms with Gasteiger partial charge in [0.1, 0.15) is 0 Å². The molecule has 0 radical (unpaired) electrons. The van der Waals surface area contributed by atoms with Crippen LogP contribution >= 0.6 is 27.5 Å². The van der Waals surface area contributed by atoms with Crippen molar-refractivity contribution in [2.45, 2.75) is 12.6 Å². The van der Waals surface area contributed by atoms with Crippen LogP contribution in [0.15, 0.2) is 22.7 Å². The van der Waals surface area contributed by atoms with Gasteiger partial charge < -0.3 is 14.8 Å². The minimum Gasteiger partial charge on any atom is -0.382 e. The van der Waals surface area contributed by atoms with Gasteiger partial charge in [-0.2, -0.15) is 0 Å². The Labute approximate surface area is 116 Å². The van der Waals surface area contributed by atoms with Gasteiger partial charge in [-0.3, -0.25) is 0 Å². The van der Waals surface area contributed by atoms with Gasteiger partial charge in [0.2, 0.25) is 0 Å². The SMILES string of the molecule is COCC(CNCc1ccc(Br)cc1Cl)OC. The molecule has 0 amide bonds. The number of rotatable bonds is 7. The van der Waals surface area contributed by atoms with Crippen molar-refractivity contribution in [3.8, 4) is 0 Å². The first-order chi connectivity index (χ1) is 8.17. The van der Waals surface area contributed by atoms with Gasteiger partial charge in [-0.15, -0.1) is 0 Å². The van der Waals surface area contributed by atoms with Crippen molar-refractivity contribution in [1.82, 2.24) is 5.32 Å². The lowest BCUT2D eigenvalue weighted by molar-refractivity contribution is 0.0288. The van der Waals surface area contributed by atoms with Gasteiger partial charge in [-0.1, -0.05) is 33.6 Å². The van der Waals surface area contributed by atoms with E-state index in [9.17, 15) is 0 Å². The molecule has 0 spiro atoms. The third-order valence-electron chi connectivity index (χ3n) is 2.39. The van der Waals surface area contributed by atoms with Gasteiger partial charge in [0.15, 0.2) is 0 Å². The van der Waals surface area contributed by atoms with E-state index in [1.165, 1.54) is 0 Å². The summed E-state index contributed by atoms with van der Waals surface area (Å²) >= 11 is 9.49. The highest BCUT2D eigenvalue weighted by atomic mass is 79.9. The maximum atomic E-state index is 6.11. The van der Waals surface area contributed by atoms with Gasteiger partial charge >= 0.3 is 0 Å². The smallest absolute Gasteiger partial charge is 0.0928 e. The molecule has 0 heterocycles. The Morgan fingerprint density at radius 1 is 1.41 bits per heavy atom. The van der Waals surface area contributed by atoms with Crippen molar-refractivity contribution >= 4 is 27.5 Å². The summed E-state index contributed by atoms with van der Waals surface area (Å²) in [6.07, 6.45) is 0.0641. The zero-order chi connectivity index (χ0) is 12.7. The largest absolute Gasteiger partial charge is 0.382 e. The molecule has 3 nitrogen and oxygen atoms in total. The van der Waals surface area contributed by atoms with Crippen molar-refractivity contribution in [3.05, 3.63) is 33.3 Å². The Morgan fingerprint density at radius 3 is 2.76 bits per heavy atom. The summed E-state index contributed by atoms with van der Waals surface area (Å²) in [5, 5.41) is 4.05. The van der Waals surface area contributed by atoms with Crippen LogP contribution in [0.4, 0.5) is 0 Å². The van der Waals surface area contributed by atoms with E-state index in [1.54, 1.807) is 14.2 Å². The summed E-state index contributed by atoms with van der Waals surface area (Å²) < 4.78 is 11.3. The number of benzene rings is 1. The van der Waals surface area contributed by atoms with Crippen LogP contribution in [0.25, 0.3) is 0 Å². The van der Waals surface area contributed by atoms with Crippen LogP contribution in [0.5, 0.6) is 0 Å². The third-order valence-corrected chi connectivity index (χ3v) is 3.23. The van der Waals surface area contributed by atoms with E-state index < -0.39 is 0 Å². The van der Waals surface area contributed by atoms with Gasteiger partial charge in [0.25, 0.3) is 0 Å². The highest BCUT2D eigenvalue weighted by Crippen LogP contribution is 2.21. The molecule has 1 rings (SSSR count). The van der Waals surface area contributed by atoms with Crippen LogP contribution in [-0.2, 0) is 16.0 Å². The molecule has 17 heavy (non-hydrogen) atoms. The summed E-state index contributed by atoms with van der Waals surface area (Å²) in [5.74, 6) is 0. The van der Waals surface area contributed by atoms with E-state index >= 15 is 0 Å². The Hall–Kier alpha value is -0.130. The lowest BCUT2D eigenvalue weighted by Gasteiger charge is -2.15. The van der Waals surface area contributed by atoms with E-state index in [0.717, 1.165) is 28.1 Å². The minimum atomic E-state index is 0.0641. The molecule has 5 heteroatoms. The molecule has 0 saturated carbocycles. The minimum absolute atomic E-state index is 0.0641. The van der Waals surface area contributed by atoms with Crippen molar-refractivity contribution < 1.29 is 9.47 Å². The molecule has 0 fully saturated rings. The molecule has 1 unspecified atom stereocenters. The van der Waals surface area contributed by atoms with Crippen LogP contribution < -0.4 is 5.32 Å². The summed E-state index contributed by atoms with van der Waals surface area (Å²) in [4.78, 5) is 0. The number of halogens is 2. The predicted molar refractivity (Wildman–Crippen MR) is 73.5 cm³/mol. The van der Waals surface area contributed by atoms with Crippen molar-refractivity contribution in [3.63, 3.8) is 0 Å². The highest BCUT2D eigenvalue weighted by molar-refractivity contribution is 9.10. The molecule has 0 aliphatic rings. The fraction of sp³-hybridized carbons (Fsp3) is 0.500. The number of ether oxygens (including phenoxy) is 2. The number of hydrogen-bond donors (Lipinski definition) is 1. The van der Waals surface area contributed by atoms with Crippen molar-refractivity contribution in [2.75, 3.05) is 27.4 Å². The van der Waals surface area contributed by atoms with E-state index in [2.05, 4.69) is 21.2 Å². The molecule has 1 atom stereocenters. The summed E-state index contributed by atoms with van der Waals surface area (Å²) in [7, 11) is 3.34. The van der Waals surface area contributed by atoms with Crippen molar-refractivity contribution in [1.29, 1.82) is 0 Å². The molecule has 0 bridgehead atoms. The van der Waals surface area contributed by atoms with E-state index in [-0.39, 0.29) is 6.10 Å². The predicted octanol–water partition coefficient (Wildman–Crippen LogP) is 2.85. The lowest BCUT2D eigenvalue weighted by atomic mass is 10.2. The average Bonchev–Trinajstić information content (AvgIpc) is 2.30. The molecule has 0 aliphatic carbocycles. The second-order valence-corrected chi connectivity index (χ2v) is 5.00. The fourth-order valence-electron chi connectivity index (χ4n) is 1.43. The van der Waals surface area contributed by atoms with Crippen LogP contribution in [0.3, 0.4) is 0 Å². The maximum Gasteiger partial charge on any atom is 0.0928 e. The molecule has 0 aliphatic heterocycles. The Morgan fingerprint density at radius 2 is 2.18 bits per heavy atom. The lowest BCUT2D eigenvalue weighted by Crippen LogP contribution is -2.31. The Bertz CT molecular complexity index is 349. The Balaban J connectivity index is 2.39. The van der Waals surface area contributed by atoms with Crippen LogP contribution in [0.2, 0.25) is 5.02 Å². The number of nitrogens with one attached hydrogen (secondary N) is 1.